The minimum atomic E-state index is -3.95. The molecule has 0 aliphatic carbocycles. The molecule has 3 aromatic rings. The zero-order valence-corrected chi connectivity index (χ0v) is 18.6. The number of rotatable bonds is 6. The molecule has 1 N–H and O–H groups in total. The smallest absolute Gasteiger partial charge is 0.244 e. The first-order valence-corrected chi connectivity index (χ1v) is 11.5. The van der Waals surface area contributed by atoms with Gasteiger partial charge >= 0.3 is 0 Å². The van der Waals surface area contributed by atoms with E-state index in [9.17, 15) is 13.2 Å². The van der Waals surface area contributed by atoms with E-state index in [-0.39, 0.29) is 17.9 Å². The highest BCUT2D eigenvalue weighted by Crippen LogP contribution is 2.31. The Kier molecular flexibility index (Phi) is 6.16. The van der Waals surface area contributed by atoms with Crippen molar-refractivity contribution in [2.75, 3.05) is 19.5 Å². The van der Waals surface area contributed by atoms with Crippen molar-refractivity contribution < 1.29 is 22.7 Å². The largest absolute Gasteiger partial charge is 0.497 e. The predicted molar refractivity (Wildman–Crippen MR) is 121 cm³/mol. The van der Waals surface area contributed by atoms with E-state index in [1.165, 1.54) is 30.7 Å². The van der Waals surface area contributed by atoms with Crippen molar-refractivity contribution in [1.82, 2.24) is 4.31 Å². The van der Waals surface area contributed by atoms with Gasteiger partial charge in [-0.2, -0.15) is 4.31 Å². The van der Waals surface area contributed by atoms with Crippen molar-refractivity contribution >= 4 is 21.6 Å². The topological polar surface area (TPSA) is 84.9 Å². The molecule has 1 amide bonds. The maximum absolute atomic E-state index is 13.6. The van der Waals surface area contributed by atoms with Gasteiger partial charge in [0, 0.05) is 6.54 Å². The van der Waals surface area contributed by atoms with Crippen LogP contribution in [0, 0.1) is 0 Å². The Bertz CT molecular complexity index is 1230. The van der Waals surface area contributed by atoms with Crippen LogP contribution in [0.4, 0.5) is 5.69 Å². The minimum Gasteiger partial charge on any atom is -0.497 e. The summed E-state index contributed by atoms with van der Waals surface area (Å²) in [4.78, 5) is 13.4. The van der Waals surface area contributed by atoms with Gasteiger partial charge in [0.15, 0.2) is 0 Å². The summed E-state index contributed by atoms with van der Waals surface area (Å²) < 4.78 is 38.9. The summed E-state index contributed by atoms with van der Waals surface area (Å²) in [7, 11) is -0.913. The minimum absolute atomic E-state index is 0.104. The van der Waals surface area contributed by atoms with Crippen molar-refractivity contribution in [2.24, 2.45) is 0 Å². The van der Waals surface area contributed by atoms with Crippen LogP contribution in [-0.4, -0.2) is 38.9 Å². The molecule has 3 aromatic carbocycles. The van der Waals surface area contributed by atoms with Crippen LogP contribution in [0.25, 0.3) is 0 Å². The normalized spacial score (nSPS) is 16.1. The molecule has 4 rings (SSSR count). The second kappa shape index (κ2) is 9.02. The lowest BCUT2D eigenvalue weighted by molar-refractivity contribution is -0.120. The SMILES string of the molecule is COc1ccc(S(=O)(=O)N2Cc3ccccc3CC2C(=O)Nc2ccccc2OC)cc1. The third-order valence-corrected chi connectivity index (χ3v) is 7.41. The molecule has 0 bridgehead atoms. The molecule has 0 fully saturated rings. The van der Waals surface area contributed by atoms with Gasteiger partial charge in [-0.25, -0.2) is 8.42 Å². The molecule has 1 heterocycles. The van der Waals surface area contributed by atoms with Gasteiger partial charge in [-0.1, -0.05) is 36.4 Å². The number of hydrogen-bond donors (Lipinski definition) is 1. The first kappa shape index (κ1) is 21.9. The van der Waals surface area contributed by atoms with Crippen LogP contribution < -0.4 is 14.8 Å². The van der Waals surface area contributed by atoms with E-state index in [1.54, 1.807) is 36.4 Å². The molecule has 0 radical (unpaired) electrons. The number of hydrogen-bond acceptors (Lipinski definition) is 5. The van der Waals surface area contributed by atoms with Gasteiger partial charge in [0.1, 0.15) is 17.5 Å². The average molecular weight is 453 g/mol. The summed E-state index contributed by atoms with van der Waals surface area (Å²) in [5.74, 6) is 0.640. The summed E-state index contributed by atoms with van der Waals surface area (Å²) in [5.41, 5.74) is 2.32. The molecule has 1 atom stereocenters. The molecule has 0 spiro atoms. The number of sulfonamides is 1. The Hall–Kier alpha value is -3.36. The lowest BCUT2D eigenvalue weighted by atomic mass is 9.95. The molecule has 0 saturated carbocycles. The van der Waals surface area contributed by atoms with Crippen LogP contribution in [0.3, 0.4) is 0 Å². The van der Waals surface area contributed by atoms with Gasteiger partial charge in [-0.05, 0) is 53.9 Å². The van der Waals surface area contributed by atoms with E-state index in [0.29, 0.717) is 17.2 Å². The number of methoxy groups -OCH3 is 2. The molecular formula is C24H24N2O5S. The molecule has 32 heavy (non-hydrogen) atoms. The molecule has 0 saturated heterocycles. The Morgan fingerprint density at radius 3 is 2.25 bits per heavy atom. The quantitative estimate of drug-likeness (QED) is 0.619. The molecule has 1 aliphatic rings. The van der Waals surface area contributed by atoms with Crippen molar-refractivity contribution in [3.63, 3.8) is 0 Å². The Balaban J connectivity index is 1.71. The van der Waals surface area contributed by atoms with Crippen molar-refractivity contribution in [3.8, 4) is 11.5 Å². The molecule has 1 unspecified atom stereocenters. The van der Waals surface area contributed by atoms with E-state index in [2.05, 4.69) is 5.32 Å². The van der Waals surface area contributed by atoms with Crippen molar-refractivity contribution in [3.05, 3.63) is 83.9 Å². The summed E-state index contributed by atoms with van der Waals surface area (Å²) in [5, 5.41) is 2.84. The number of para-hydroxylation sites is 2. The first-order chi connectivity index (χ1) is 15.4. The van der Waals surface area contributed by atoms with E-state index < -0.39 is 22.0 Å². The fourth-order valence-electron chi connectivity index (χ4n) is 3.82. The van der Waals surface area contributed by atoms with Gasteiger partial charge < -0.3 is 14.8 Å². The Morgan fingerprint density at radius 2 is 1.56 bits per heavy atom. The van der Waals surface area contributed by atoms with E-state index in [4.69, 9.17) is 9.47 Å². The lowest BCUT2D eigenvalue weighted by Gasteiger charge is -2.35. The third kappa shape index (κ3) is 4.19. The highest BCUT2D eigenvalue weighted by molar-refractivity contribution is 7.89. The molecular weight excluding hydrogens is 428 g/mol. The van der Waals surface area contributed by atoms with Crippen LogP contribution in [0.2, 0.25) is 0 Å². The predicted octanol–water partition coefficient (Wildman–Crippen LogP) is 3.46. The van der Waals surface area contributed by atoms with Crippen LogP contribution >= 0.6 is 0 Å². The number of ether oxygens (including phenoxy) is 2. The number of carbonyl (C=O) groups excluding carboxylic acids is 1. The van der Waals surface area contributed by atoms with Crippen LogP contribution in [0.5, 0.6) is 11.5 Å². The van der Waals surface area contributed by atoms with Crippen molar-refractivity contribution in [2.45, 2.75) is 23.9 Å². The zero-order valence-electron chi connectivity index (χ0n) is 17.8. The van der Waals surface area contributed by atoms with Gasteiger partial charge in [0.2, 0.25) is 15.9 Å². The second-order valence-corrected chi connectivity index (χ2v) is 9.29. The first-order valence-electron chi connectivity index (χ1n) is 10.1. The molecule has 8 heteroatoms. The van der Waals surface area contributed by atoms with Gasteiger partial charge in [-0.3, -0.25) is 4.79 Å². The van der Waals surface area contributed by atoms with Gasteiger partial charge in [-0.15, -0.1) is 0 Å². The van der Waals surface area contributed by atoms with Crippen molar-refractivity contribution in [1.29, 1.82) is 0 Å². The monoisotopic (exact) mass is 452 g/mol. The number of fused-ring (bicyclic) bond motifs is 1. The maximum atomic E-state index is 13.6. The van der Waals surface area contributed by atoms with Crippen LogP contribution in [0.1, 0.15) is 11.1 Å². The number of carbonyl (C=O) groups is 1. The third-order valence-electron chi connectivity index (χ3n) is 5.54. The number of nitrogens with zero attached hydrogens (tertiary/aromatic N) is 1. The number of benzene rings is 3. The van der Waals surface area contributed by atoms with Crippen LogP contribution in [0.15, 0.2) is 77.7 Å². The summed E-state index contributed by atoms with van der Waals surface area (Å²) in [6.07, 6.45) is 0.270. The second-order valence-electron chi connectivity index (χ2n) is 7.40. The average Bonchev–Trinajstić information content (AvgIpc) is 2.83. The van der Waals surface area contributed by atoms with E-state index in [1.807, 2.05) is 24.3 Å². The number of anilines is 1. The fourth-order valence-corrected chi connectivity index (χ4v) is 5.39. The summed E-state index contributed by atoms with van der Waals surface area (Å²) >= 11 is 0. The summed E-state index contributed by atoms with van der Waals surface area (Å²) in [6.45, 7) is 0.106. The van der Waals surface area contributed by atoms with Gasteiger partial charge in [0.25, 0.3) is 0 Å². The zero-order chi connectivity index (χ0) is 22.7. The van der Waals surface area contributed by atoms with Gasteiger partial charge in [0.05, 0.1) is 24.8 Å². The van der Waals surface area contributed by atoms with E-state index >= 15 is 0 Å². The highest BCUT2D eigenvalue weighted by Gasteiger charge is 2.39. The maximum Gasteiger partial charge on any atom is 0.244 e. The number of nitrogens with one attached hydrogen (secondary N) is 1. The molecule has 1 aliphatic heterocycles. The van der Waals surface area contributed by atoms with E-state index in [0.717, 1.165) is 11.1 Å². The Labute approximate surface area is 187 Å². The molecule has 0 aromatic heterocycles. The van der Waals surface area contributed by atoms with Crippen LogP contribution in [-0.2, 0) is 27.8 Å². The fraction of sp³-hybridized carbons (Fsp3) is 0.208. The highest BCUT2D eigenvalue weighted by atomic mass is 32.2. The number of amides is 1. The standard InChI is InChI=1S/C24H24N2O5S/c1-30-19-11-13-20(14-12-19)32(28,29)26-16-18-8-4-3-7-17(18)15-22(26)24(27)25-21-9-5-6-10-23(21)31-2/h3-14,22H,15-16H2,1-2H3,(H,25,27). The lowest BCUT2D eigenvalue weighted by Crippen LogP contribution is -2.50. The molecule has 166 valence electrons. The Morgan fingerprint density at radius 1 is 0.906 bits per heavy atom. The summed E-state index contributed by atoms with van der Waals surface area (Å²) in [6, 6.07) is 19.8. The molecule has 7 nitrogen and oxygen atoms in total.